The molecular weight excluding hydrogens is 346 g/mol. The first-order chi connectivity index (χ1) is 11.9. The smallest absolute Gasteiger partial charge is 0.305 e. The van der Waals surface area contributed by atoms with Gasteiger partial charge in [0.2, 0.25) is 0 Å². The van der Waals surface area contributed by atoms with Gasteiger partial charge in [0.15, 0.2) is 0 Å². The maximum absolute atomic E-state index is 13.1. The predicted molar refractivity (Wildman–Crippen MR) is 92.2 cm³/mol. The molecule has 2 saturated heterocycles. The standard InChI is InChI=1S/C18H22ClNO5/c1-24-15-8-12(19)2-3-14(15)17(23)20-11-18(4-6-25-7-5-18)10-13(20)9-16(21)22/h2-3,8,13H,4-7,9-11H2,1H3,(H,21,22). The van der Waals surface area contributed by atoms with Crippen molar-refractivity contribution in [3.63, 3.8) is 0 Å². The lowest BCUT2D eigenvalue weighted by Gasteiger charge is -2.33. The second kappa shape index (κ2) is 7.22. The molecule has 7 heteroatoms. The number of rotatable bonds is 4. The fourth-order valence-corrected chi connectivity index (χ4v) is 4.11. The molecule has 1 unspecified atom stereocenters. The minimum atomic E-state index is -0.894. The van der Waals surface area contributed by atoms with Gasteiger partial charge < -0.3 is 19.5 Å². The molecule has 1 aromatic rings. The highest BCUT2D eigenvalue weighted by Gasteiger charge is 2.47. The van der Waals surface area contributed by atoms with Gasteiger partial charge in [-0.2, -0.15) is 0 Å². The molecule has 2 aliphatic rings. The molecule has 2 fully saturated rings. The maximum atomic E-state index is 13.1. The maximum Gasteiger partial charge on any atom is 0.305 e. The van der Waals surface area contributed by atoms with Crippen LogP contribution in [0.1, 0.15) is 36.0 Å². The van der Waals surface area contributed by atoms with Crippen LogP contribution in [0.5, 0.6) is 5.75 Å². The molecule has 25 heavy (non-hydrogen) atoms. The third-order valence-corrected chi connectivity index (χ3v) is 5.47. The van der Waals surface area contributed by atoms with Crippen molar-refractivity contribution >= 4 is 23.5 Å². The van der Waals surface area contributed by atoms with Crippen LogP contribution in [0.15, 0.2) is 18.2 Å². The highest BCUT2D eigenvalue weighted by Crippen LogP contribution is 2.44. The Labute approximate surface area is 151 Å². The lowest BCUT2D eigenvalue weighted by atomic mass is 9.78. The normalized spacial score (nSPS) is 22.2. The van der Waals surface area contributed by atoms with E-state index in [0.717, 1.165) is 12.8 Å². The van der Waals surface area contributed by atoms with Crippen LogP contribution in [-0.2, 0) is 9.53 Å². The average Bonchev–Trinajstić information content (AvgIpc) is 2.91. The molecule has 1 aromatic carbocycles. The Morgan fingerprint density at radius 2 is 2.12 bits per heavy atom. The molecule has 0 bridgehead atoms. The number of carbonyl (C=O) groups excluding carboxylic acids is 1. The molecule has 1 amide bonds. The van der Waals surface area contributed by atoms with Gasteiger partial charge in [0, 0.05) is 30.8 Å². The van der Waals surface area contributed by atoms with Crippen molar-refractivity contribution in [2.24, 2.45) is 5.41 Å². The zero-order valence-electron chi connectivity index (χ0n) is 14.2. The number of amides is 1. The van der Waals surface area contributed by atoms with E-state index in [2.05, 4.69) is 0 Å². The van der Waals surface area contributed by atoms with Gasteiger partial charge in [0.05, 0.1) is 19.1 Å². The summed E-state index contributed by atoms with van der Waals surface area (Å²) < 4.78 is 10.7. The minimum absolute atomic E-state index is 0.0479. The largest absolute Gasteiger partial charge is 0.496 e. The fourth-order valence-electron chi connectivity index (χ4n) is 3.95. The Kier molecular flexibility index (Phi) is 5.20. The van der Waals surface area contributed by atoms with Crippen molar-refractivity contribution in [1.29, 1.82) is 0 Å². The van der Waals surface area contributed by atoms with Crippen LogP contribution in [-0.4, -0.2) is 54.8 Å². The van der Waals surface area contributed by atoms with Gasteiger partial charge in [-0.25, -0.2) is 0 Å². The molecule has 1 spiro atoms. The summed E-state index contributed by atoms with van der Waals surface area (Å²) in [5.41, 5.74) is 0.361. The zero-order valence-corrected chi connectivity index (χ0v) is 14.9. The van der Waals surface area contributed by atoms with Crippen LogP contribution >= 0.6 is 11.6 Å². The summed E-state index contributed by atoms with van der Waals surface area (Å²) in [6.07, 6.45) is 2.35. The number of carbonyl (C=O) groups is 2. The first-order valence-electron chi connectivity index (χ1n) is 8.38. The van der Waals surface area contributed by atoms with Gasteiger partial charge in [0.1, 0.15) is 5.75 Å². The average molecular weight is 368 g/mol. The zero-order chi connectivity index (χ0) is 18.0. The van der Waals surface area contributed by atoms with Crippen molar-refractivity contribution in [3.05, 3.63) is 28.8 Å². The van der Waals surface area contributed by atoms with Gasteiger partial charge in [-0.05, 0) is 42.9 Å². The third kappa shape index (κ3) is 3.75. The molecule has 0 saturated carbocycles. The summed E-state index contributed by atoms with van der Waals surface area (Å²) in [6.45, 7) is 1.87. The molecule has 2 aliphatic heterocycles. The Morgan fingerprint density at radius 3 is 2.76 bits per heavy atom. The number of carboxylic acid groups (broad SMARTS) is 1. The summed E-state index contributed by atoms with van der Waals surface area (Å²) in [5.74, 6) is -0.697. The van der Waals surface area contributed by atoms with E-state index >= 15 is 0 Å². The molecule has 1 atom stereocenters. The van der Waals surface area contributed by atoms with Crippen molar-refractivity contribution in [3.8, 4) is 5.75 Å². The Bertz CT molecular complexity index is 671. The van der Waals surface area contributed by atoms with Crippen LogP contribution in [0.3, 0.4) is 0 Å². The monoisotopic (exact) mass is 367 g/mol. The van der Waals surface area contributed by atoms with Crippen LogP contribution < -0.4 is 4.74 Å². The molecule has 0 aromatic heterocycles. The molecule has 3 rings (SSSR count). The first-order valence-corrected chi connectivity index (χ1v) is 8.76. The molecule has 6 nitrogen and oxygen atoms in total. The van der Waals surface area contributed by atoms with E-state index in [9.17, 15) is 14.7 Å². The van der Waals surface area contributed by atoms with Gasteiger partial charge in [-0.3, -0.25) is 9.59 Å². The van der Waals surface area contributed by atoms with Crippen molar-refractivity contribution in [2.45, 2.75) is 31.7 Å². The van der Waals surface area contributed by atoms with Crippen molar-refractivity contribution in [1.82, 2.24) is 4.90 Å². The number of hydrogen-bond donors (Lipinski definition) is 1. The number of hydrogen-bond acceptors (Lipinski definition) is 4. The van der Waals surface area contributed by atoms with Gasteiger partial charge in [-0.15, -0.1) is 0 Å². The molecule has 1 N–H and O–H groups in total. The van der Waals surface area contributed by atoms with E-state index in [1.165, 1.54) is 7.11 Å². The number of benzene rings is 1. The van der Waals surface area contributed by atoms with E-state index in [4.69, 9.17) is 21.1 Å². The summed E-state index contributed by atoms with van der Waals surface area (Å²) in [4.78, 5) is 26.1. The number of methoxy groups -OCH3 is 1. The number of aliphatic carboxylic acids is 1. The summed E-state index contributed by atoms with van der Waals surface area (Å²) in [6, 6.07) is 4.56. The molecular formula is C18H22ClNO5. The summed E-state index contributed by atoms with van der Waals surface area (Å²) >= 11 is 5.98. The third-order valence-electron chi connectivity index (χ3n) is 5.23. The SMILES string of the molecule is COc1cc(Cl)ccc1C(=O)N1CC2(CCOCC2)CC1CC(=O)O. The lowest BCUT2D eigenvalue weighted by Crippen LogP contribution is -2.38. The Balaban J connectivity index is 1.89. The minimum Gasteiger partial charge on any atom is -0.496 e. The molecule has 0 aliphatic carbocycles. The van der Waals surface area contributed by atoms with Crippen molar-refractivity contribution < 1.29 is 24.2 Å². The van der Waals surface area contributed by atoms with Crippen LogP contribution in [0.2, 0.25) is 5.02 Å². The number of likely N-dealkylation sites (tertiary alicyclic amines) is 1. The van der Waals surface area contributed by atoms with E-state index < -0.39 is 5.97 Å². The molecule has 2 heterocycles. The van der Waals surface area contributed by atoms with E-state index in [1.807, 2.05) is 0 Å². The lowest BCUT2D eigenvalue weighted by molar-refractivity contribution is -0.138. The number of nitrogens with zero attached hydrogens (tertiary/aromatic N) is 1. The van der Waals surface area contributed by atoms with Crippen LogP contribution in [0, 0.1) is 5.41 Å². The Hall–Kier alpha value is -1.79. The molecule has 136 valence electrons. The van der Waals surface area contributed by atoms with E-state index in [0.29, 0.717) is 42.5 Å². The second-order valence-corrected chi connectivity index (χ2v) is 7.28. The van der Waals surface area contributed by atoms with Crippen LogP contribution in [0.25, 0.3) is 0 Å². The molecule has 0 radical (unpaired) electrons. The van der Waals surface area contributed by atoms with Gasteiger partial charge in [0.25, 0.3) is 5.91 Å². The van der Waals surface area contributed by atoms with Gasteiger partial charge >= 0.3 is 5.97 Å². The van der Waals surface area contributed by atoms with Crippen molar-refractivity contribution in [2.75, 3.05) is 26.9 Å². The number of ether oxygens (including phenoxy) is 2. The van der Waals surface area contributed by atoms with Crippen LogP contribution in [0.4, 0.5) is 0 Å². The van der Waals surface area contributed by atoms with E-state index in [1.54, 1.807) is 23.1 Å². The predicted octanol–water partition coefficient (Wildman–Crippen LogP) is 2.83. The number of halogens is 1. The second-order valence-electron chi connectivity index (χ2n) is 6.85. The summed E-state index contributed by atoms with van der Waals surface area (Å²) in [7, 11) is 1.49. The Morgan fingerprint density at radius 1 is 1.40 bits per heavy atom. The highest BCUT2D eigenvalue weighted by molar-refractivity contribution is 6.30. The first kappa shape index (κ1) is 18.0. The quantitative estimate of drug-likeness (QED) is 0.885. The highest BCUT2D eigenvalue weighted by atomic mass is 35.5. The fraction of sp³-hybridized carbons (Fsp3) is 0.556. The van der Waals surface area contributed by atoms with Gasteiger partial charge in [-0.1, -0.05) is 11.6 Å². The number of carboxylic acids is 1. The van der Waals surface area contributed by atoms with E-state index in [-0.39, 0.29) is 23.8 Å². The topological polar surface area (TPSA) is 76.1 Å². The summed E-state index contributed by atoms with van der Waals surface area (Å²) in [5, 5.41) is 9.75.